The third-order valence-electron chi connectivity index (χ3n) is 4.15. The Bertz CT molecular complexity index is 942. The van der Waals surface area contributed by atoms with Gasteiger partial charge in [0.25, 0.3) is 0 Å². The van der Waals surface area contributed by atoms with E-state index in [-0.39, 0.29) is 0 Å². The molecule has 1 atom stereocenters. The van der Waals surface area contributed by atoms with Crippen LogP contribution in [0.4, 0.5) is 11.4 Å². The second-order valence-corrected chi connectivity index (χ2v) is 8.77. The zero-order valence-corrected chi connectivity index (χ0v) is 17.1. The molecule has 2 aromatic carbocycles. The molecule has 0 fully saturated rings. The molecule has 1 N–H and O–H groups in total. The van der Waals surface area contributed by atoms with Gasteiger partial charge in [-0.05, 0) is 62.6 Å². The minimum absolute atomic E-state index is 0.392. The number of hydrogen-bond donors (Lipinski definition) is 1. The highest BCUT2D eigenvalue weighted by atomic mass is 35.5. The molecule has 0 saturated carbocycles. The number of benzene rings is 2. The van der Waals surface area contributed by atoms with Gasteiger partial charge in [-0.3, -0.25) is 9.10 Å². The molecular weight excluding hydrogens is 372 g/mol. The van der Waals surface area contributed by atoms with Crippen LogP contribution >= 0.6 is 11.6 Å². The molecule has 0 spiro atoms. The molecular formula is C19H23ClN2O3S. The molecule has 140 valence electrons. The Labute approximate surface area is 160 Å². The van der Waals surface area contributed by atoms with Gasteiger partial charge in [-0.2, -0.15) is 0 Å². The van der Waals surface area contributed by atoms with Gasteiger partial charge in [0, 0.05) is 10.7 Å². The van der Waals surface area contributed by atoms with E-state index < -0.39 is 22.0 Å². The summed E-state index contributed by atoms with van der Waals surface area (Å²) in [6.07, 6.45) is 1.08. The predicted octanol–water partition coefficient (Wildman–Crippen LogP) is 4.06. The van der Waals surface area contributed by atoms with Crippen molar-refractivity contribution in [3.8, 4) is 0 Å². The maximum atomic E-state index is 12.8. The van der Waals surface area contributed by atoms with Crippen molar-refractivity contribution in [1.82, 2.24) is 0 Å². The number of nitrogens with one attached hydrogen (secondary N) is 1. The zero-order valence-electron chi connectivity index (χ0n) is 15.5. The first-order chi connectivity index (χ1) is 12.0. The van der Waals surface area contributed by atoms with Gasteiger partial charge in [-0.1, -0.05) is 29.8 Å². The lowest BCUT2D eigenvalue weighted by Crippen LogP contribution is -2.45. The van der Waals surface area contributed by atoms with E-state index in [4.69, 9.17) is 11.6 Å². The number of sulfonamides is 1. The SMILES string of the molecule is Cc1ccc(C)c(NC(=O)[C@@H](C)N(c2cc(Cl)ccc2C)S(C)(=O)=O)c1. The molecule has 26 heavy (non-hydrogen) atoms. The predicted molar refractivity (Wildman–Crippen MR) is 108 cm³/mol. The van der Waals surface area contributed by atoms with Crippen LogP contribution in [0.25, 0.3) is 0 Å². The zero-order chi connectivity index (χ0) is 19.6. The molecule has 0 heterocycles. The fraction of sp³-hybridized carbons (Fsp3) is 0.316. The minimum atomic E-state index is -3.70. The summed E-state index contributed by atoms with van der Waals surface area (Å²) in [4.78, 5) is 12.8. The van der Waals surface area contributed by atoms with Gasteiger partial charge in [0.1, 0.15) is 6.04 Å². The number of halogens is 1. The summed E-state index contributed by atoms with van der Waals surface area (Å²) in [5.41, 5.74) is 3.68. The molecule has 0 radical (unpaired) electrons. The maximum absolute atomic E-state index is 12.8. The van der Waals surface area contributed by atoms with Gasteiger partial charge in [0.15, 0.2) is 0 Å². The van der Waals surface area contributed by atoms with Gasteiger partial charge >= 0.3 is 0 Å². The highest BCUT2D eigenvalue weighted by molar-refractivity contribution is 7.92. The Balaban J connectivity index is 2.41. The monoisotopic (exact) mass is 394 g/mol. The molecule has 0 aliphatic carbocycles. The summed E-state index contributed by atoms with van der Waals surface area (Å²) < 4.78 is 25.9. The molecule has 2 aromatic rings. The van der Waals surface area contributed by atoms with Crippen molar-refractivity contribution >= 4 is 38.9 Å². The van der Waals surface area contributed by atoms with E-state index in [2.05, 4.69) is 5.32 Å². The van der Waals surface area contributed by atoms with Gasteiger partial charge in [0.05, 0.1) is 11.9 Å². The van der Waals surface area contributed by atoms with E-state index in [1.54, 1.807) is 32.0 Å². The van der Waals surface area contributed by atoms with Crippen LogP contribution in [0.2, 0.25) is 5.02 Å². The third-order valence-corrected chi connectivity index (χ3v) is 5.61. The Morgan fingerprint density at radius 3 is 2.31 bits per heavy atom. The van der Waals surface area contributed by atoms with E-state index in [0.717, 1.165) is 21.7 Å². The normalized spacial score (nSPS) is 12.5. The van der Waals surface area contributed by atoms with Crippen molar-refractivity contribution in [2.45, 2.75) is 33.7 Å². The average molecular weight is 395 g/mol. The lowest BCUT2D eigenvalue weighted by molar-refractivity contribution is -0.116. The first kappa shape index (κ1) is 20.3. The fourth-order valence-corrected chi connectivity index (χ4v) is 4.10. The average Bonchev–Trinajstić information content (AvgIpc) is 2.53. The number of carbonyl (C=O) groups excluding carboxylic acids is 1. The van der Waals surface area contributed by atoms with Crippen molar-refractivity contribution in [2.75, 3.05) is 15.9 Å². The molecule has 1 amide bonds. The van der Waals surface area contributed by atoms with Gasteiger partial charge in [-0.25, -0.2) is 8.42 Å². The van der Waals surface area contributed by atoms with Crippen LogP contribution in [-0.4, -0.2) is 26.6 Å². The number of anilines is 2. The molecule has 0 aliphatic rings. The molecule has 5 nitrogen and oxygen atoms in total. The van der Waals surface area contributed by atoms with Gasteiger partial charge in [0.2, 0.25) is 15.9 Å². The fourth-order valence-electron chi connectivity index (χ4n) is 2.71. The van der Waals surface area contributed by atoms with Crippen LogP contribution in [0, 0.1) is 20.8 Å². The molecule has 7 heteroatoms. The van der Waals surface area contributed by atoms with Gasteiger partial charge in [-0.15, -0.1) is 0 Å². The number of aryl methyl sites for hydroxylation is 3. The van der Waals surface area contributed by atoms with Gasteiger partial charge < -0.3 is 5.32 Å². The Morgan fingerprint density at radius 2 is 1.69 bits per heavy atom. The third kappa shape index (κ3) is 4.56. The number of hydrogen-bond acceptors (Lipinski definition) is 3. The summed E-state index contributed by atoms with van der Waals surface area (Å²) in [6, 6.07) is 9.74. The van der Waals surface area contributed by atoms with E-state index in [1.807, 2.05) is 32.0 Å². The van der Waals surface area contributed by atoms with Crippen molar-refractivity contribution < 1.29 is 13.2 Å². The van der Waals surface area contributed by atoms with Crippen LogP contribution < -0.4 is 9.62 Å². The molecule has 0 unspecified atom stereocenters. The number of rotatable bonds is 5. The van der Waals surface area contributed by atoms with Crippen LogP contribution in [0.3, 0.4) is 0 Å². The standard InChI is InChI=1S/C19H23ClN2O3S/c1-12-6-7-13(2)17(10-12)21-19(23)15(4)22(26(5,24)25)18-11-16(20)9-8-14(18)3/h6-11,15H,1-5H3,(H,21,23)/t15-/m1/s1. The second kappa shape index (κ2) is 7.68. The molecule has 0 aliphatic heterocycles. The lowest BCUT2D eigenvalue weighted by Gasteiger charge is -2.29. The Hall–Kier alpha value is -2.05. The molecule has 0 saturated heterocycles. The largest absolute Gasteiger partial charge is 0.324 e. The van der Waals surface area contributed by atoms with Crippen molar-refractivity contribution in [2.24, 2.45) is 0 Å². The van der Waals surface area contributed by atoms with E-state index in [1.165, 1.54) is 0 Å². The van der Waals surface area contributed by atoms with E-state index >= 15 is 0 Å². The highest BCUT2D eigenvalue weighted by Crippen LogP contribution is 2.28. The topological polar surface area (TPSA) is 66.5 Å². The van der Waals surface area contributed by atoms with Crippen LogP contribution in [0.1, 0.15) is 23.6 Å². The van der Waals surface area contributed by atoms with Crippen LogP contribution in [0.5, 0.6) is 0 Å². The lowest BCUT2D eigenvalue weighted by atomic mass is 10.1. The number of nitrogens with zero attached hydrogens (tertiary/aromatic N) is 1. The highest BCUT2D eigenvalue weighted by Gasteiger charge is 2.30. The summed E-state index contributed by atoms with van der Waals surface area (Å²) in [5.74, 6) is -0.413. The molecule has 0 bridgehead atoms. The summed E-state index contributed by atoms with van der Waals surface area (Å²) in [5, 5.41) is 3.23. The van der Waals surface area contributed by atoms with E-state index in [0.29, 0.717) is 22.0 Å². The molecule has 0 aromatic heterocycles. The Kier molecular flexibility index (Phi) is 5.98. The first-order valence-electron chi connectivity index (χ1n) is 8.14. The van der Waals surface area contributed by atoms with E-state index in [9.17, 15) is 13.2 Å². The van der Waals surface area contributed by atoms with Crippen molar-refractivity contribution in [3.05, 3.63) is 58.1 Å². The van der Waals surface area contributed by atoms with Crippen LogP contribution in [0.15, 0.2) is 36.4 Å². The van der Waals surface area contributed by atoms with Crippen molar-refractivity contribution in [3.63, 3.8) is 0 Å². The summed E-state index contributed by atoms with van der Waals surface area (Å²) in [7, 11) is -3.70. The molecule has 2 rings (SSSR count). The maximum Gasteiger partial charge on any atom is 0.248 e. The summed E-state index contributed by atoms with van der Waals surface area (Å²) >= 11 is 6.04. The second-order valence-electron chi connectivity index (χ2n) is 6.47. The van der Waals surface area contributed by atoms with Crippen molar-refractivity contribution in [1.29, 1.82) is 0 Å². The smallest absolute Gasteiger partial charge is 0.248 e. The quantitative estimate of drug-likeness (QED) is 0.831. The minimum Gasteiger partial charge on any atom is -0.324 e. The summed E-state index contributed by atoms with van der Waals surface area (Å²) in [6.45, 7) is 7.15. The Morgan fingerprint density at radius 1 is 1.08 bits per heavy atom. The first-order valence-corrected chi connectivity index (χ1v) is 10.4. The van der Waals surface area contributed by atoms with Crippen LogP contribution in [-0.2, 0) is 14.8 Å². The number of carbonyl (C=O) groups is 1. The number of amides is 1.